The fraction of sp³-hybridized carbons (Fsp3) is 0.600. The number of carboxylic acid groups (broad SMARTS) is 2. The lowest BCUT2D eigenvalue weighted by molar-refractivity contribution is -0.159. The van der Waals surface area contributed by atoms with Gasteiger partial charge in [-0.2, -0.15) is 0 Å². The van der Waals surface area contributed by atoms with Crippen LogP contribution in [0.5, 0.6) is 5.75 Å². The standard InChI is InChI=1S/C18H28ClNO.C2H2O4/c1-13-9-16(4)18(17(19)10-13)21-7-5-6-20-11-14(2)8-15(3)12-20;3-1(4)2(5)6/h9-10,14-15H,5-8,11-12H2,1-4H3;(H,3,4)(H,5,6). The molecule has 0 spiro atoms. The van der Waals surface area contributed by atoms with E-state index in [1.807, 2.05) is 6.07 Å². The van der Waals surface area contributed by atoms with Crippen molar-refractivity contribution in [1.82, 2.24) is 4.90 Å². The molecule has 1 aliphatic rings. The third kappa shape index (κ3) is 8.63. The number of piperidine rings is 1. The molecule has 0 radical (unpaired) electrons. The van der Waals surface area contributed by atoms with Crippen molar-refractivity contribution in [3.8, 4) is 5.75 Å². The summed E-state index contributed by atoms with van der Waals surface area (Å²) in [7, 11) is 0. The Hall–Kier alpha value is -1.79. The summed E-state index contributed by atoms with van der Waals surface area (Å²) < 4.78 is 5.91. The predicted molar refractivity (Wildman–Crippen MR) is 106 cm³/mol. The van der Waals surface area contributed by atoms with Crippen molar-refractivity contribution >= 4 is 23.5 Å². The van der Waals surface area contributed by atoms with Gasteiger partial charge in [-0.1, -0.05) is 31.5 Å². The minimum Gasteiger partial charge on any atom is -0.492 e. The van der Waals surface area contributed by atoms with Gasteiger partial charge in [0.2, 0.25) is 0 Å². The maximum Gasteiger partial charge on any atom is 0.414 e. The second kappa shape index (κ2) is 11.1. The van der Waals surface area contributed by atoms with Crippen LogP contribution in [0, 0.1) is 25.7 Å². The van der Waals surface area contributed by atoms with Crippen LogP contribution in [0.2, 0.25) is 5.02 Å². The normalized spacial score (nSPS) is 19.7. The predicted octanol–water partition coefficient (Wildman–Crippen LogP) is 3.86. The molecule has 27 heavy (non-hydrogen) atoms. The number of nitrogens with zero attached hydrogens (tertiary/aromatic N) is 1. The van der Waals surface area contributed by atoms with Crippen LogP contribution in [0.1, 0.15) is 37.8 Å². The quantitative estimate of drug-likeness (QED) is 0.577. The number of benzene rings is 1. The van der Waals surface area contributed by atoms with Crippen LogP contribution in [0.3, 0.4) is 0 Å². The fourth-order valence-corrected chi connectivity index (χ4v) is 3.90. The van der Waals surface area contributed by atoms with Crippen molar-refractivity contribution < 1.29 is 24.5 Å². The van der Waals surface area contributed by atoms with Crippen LogP contribution in [-0.2, 0) is 9.59 Å². The lowest BCUT2D eigenvalue weighted by atomic mass is 9.92. The topological polar surface area (TPSA) is 87.1 Å². The Morgan fingerprint density at radius 3 is 2.19 bits per heavy atom. The van der Waals surface area contributed by atoms with E-state index in [0.717, 1.165) is 47.7 Å². The van der Waals surface area contributed by atoms with Gasteiger partial charge >= 0.3 is 11.9 Å². The number of aliphatic carboxylic acids is 2. The number of ether oxygens (including phenoxy) is 1. The van der Waals surface area contributed by atoms with Gasteiger partial charge in [0.25, 0.3) is 0 Å². The molecule has 1 fully saturated rings. The molecule has 2 rings (SSSR count). The number of hydrogen-bond donors (Lipinski definition) is 2. The first-order valence-corrected chi connectivity index (χ1v) is 9.56. The average Bonchev–Trinajstić information content (AvgIpc) is 2.52. The van der Waals surface area contributed by atoms with Gasteiger partial charge in [-0.05, 0) is 55.7 Å². The minimum atomic E-state index is -1.82. The summed E-state index contributed by atoms with van der Waals surface area (Å²) in [5.41, 5.74) is 2.31. The number of likely N-dealkylation sites (tertiary alicyclic amines) is 1. The highest BCUT2D eigenvalue weighted by molar-refractivity contribution is 6.32. The molecular formula is C20H30ClNO5. The summed E-state index contributed by atoms with van der Waals surface area (Å²) in [6.45, 7) is 13.1. The largest absolute Gasteiger partial charge is 0.492 e. The Labute approximate surface area is 166 Å². The molecule has 6 nitrogen and oxygen atoms in total. The van der Waals surface area contributed by atoms with Crippen molar-refractivity contribution in [2.75, 3.05) is 26.2 Å². The number of aryl methyl sites for hydroxylation is 2. The van der Waals surface area contributed by atoms with E-state index in [2.05, 4.69) is 38.7 Å². The molecule has 1 aliphatic heterocycles. The van der Waals surface area contributed by atoms with Gasteiger partial charge in [-0.3, -0.25) is 0 Å². The molecule has 0 bridgehead atoms. The molecule has 0 aliphatic carbocycles. The lowest BCUT2D eigenvalue weighted by Crippen LogP contribution is -2.39. The summed E-state index contributed by atoms with van der Waals surface area (Å²) in [5.74, 6) is -1.15. The average molecular weight is 400 g/mol. The van der Waals surface area contributed by atoms with Crippen LogP contribution in [-0.4, -0.2) is 53.3 Å². The molecule has 2 unspecified atom stereocenters. The molecule has 1 aromatic rings. The van der Waals surface area contributed by atoms with Crippen molar-refractivity contribution in [2.45, 2.75) is 40.5 Å². The maximum absolute atomic E-state index is 9.10. The van der Waals surface area contributed by atoms with Gasteiger partial charge in [0.05, 0.1) is 11.6 Å². The SMILES string of the molecule is Cc1cc(C)c(OCCCN2CC(C)CC(C)C2)c(Cl)c1.O=C(O)C(=O)O. The van der Waals surface area contributed by atoms with Gasteiger partial charge in [-0.15, -0.1) is 0 Å². The van der Waals surface area contributed by atoms with E-state index < -0.39 is 11.9 Å². The first kappa shape index (κ1) is 23.2. The molecule has 2 atom stereocenters. The zero-order valence-corrected chi connectivity index (χ0v) is 17.3. The number of carbonyl (C=O) groups is 2. The molecule has 1 saturated heterocycles. The first-order chi connectivity index (χ1) is 12.6. The minimum absolute atomic E-state index is 0.729. The molecule has 0 aromatic heterocycles. The monoisotopic (exact) mass is 399 g/mol. The van der Waals surface area contributed by atoms with Gasteiger partial charge < -0.3 is 19.8 Å². The fourth-order valence-electron chi connectivity index (χ4n) is 3.52. The smallest absolute Gasteiger partial charge is 0.414 e. The van der Waals surface area contributed by atoms with Gasteiger partial charge in [0.1, 0.15) is 5.75 Å². The van der Waals surface area contributed by atoms with E-state index >= 15 is 0 Å². The third-order valence-corrected chi connectivity index (χ3v) is 4.65. The Morgan fingerprint density at radius 1 is 1.15 bits per heavy atom. The summed E-state index contributed by atoms with van der Waals surface area (Å²) >= 11 is 6.27. The zero-order chi connectivity index (χ0) is 20.6. The van der Waals surface area contributed by atoms with E-state index in [4.69, 9.17) is 36.1 Å². The second-order valence-corrected chi connectivity index (χ2v) is 7.82. The highest BCUT2D eigenvalue weighted by Crippen LogP contribution is 2.30. The van der Waals surface area contributed by atoms with E-state index in [1.54, 1.807) is 0 Å². The Balaban J connectivity index is 0.000000527. The maximum atomic E-state index is 9.10. The van der Waals surface area contributed by atoms with Crippen LogP contribution >= 0.6 is 11.6 Å². The Bertz CT molecular complexity index is 604. The van der Waals surface area contributed by atoms with Crippen LogP contribution in [0.4, 0.5) is 0 Å². The molecule has 0 amide bonds. The molecule has 152 valence electrons. The highest BCUT2D eigenvalue weighted by Gasteiger charge is 2.21. The highest BCUT2D eigenvalue weighted by atomic mass is 35.5. The summed E-state index contributed by atoms with van der Waals surface area (Å²) in [4.78, 5) is 20.8. The van der Waals surface area contributed by atoms with E-state index in [0.29, 0.717) is 0 Å². The van der Waals surface area contributed by atoms with E-state index in [9.17, 15) is 0 Å². The first-order valence-electron chi connectivity index (χ1n) is 9.18. The van der Waals surface area contributed by atoms with E-state index in [-0.39, 0.29) is 0 Å². The van der Waals surface area contributed by atoms with Crippen molar-refractivity contribution in [3.63, 3.8) is 0 Å². The molecule has 0 saturated carbocycles. The lowest BCUT2D eigenvalue weighted by Gasteiger charge is -2.34. The molecular weight excluding hydrogens is 370 g/mol. The van der Waals surface area contributed by atoms with Crippen molar-refractivity contribution in [3.05, 3.63) is 28.3 Å². The Morgan fingerprint density at radius 2 is 1.70 bits per heavy atom. The Kier molecular flexibility index (Phi) is 9.60. The summed E-state index contributed by atoms with van der Waals surface area (Å²) in [5, 5.41) is 15.5. The summed E-state index contributed by atoms with van der Waals surface area (Å²) in [6.07, 6.45) is 2.42. The van der Waals surface area contributed by atoms with Crippen molar-refractivity contribution in [1.29, 1.82) is 0 Å². The summed E-state index contributed by atoms with van der Waals surface area (Å²) in [6, 6.07) is 4.09. The van der Waals surface area contributed by atoms with Crippen LogP contribution in [0.15, 0.2) is 12.1 Å². The van der Waals surface area contributed by atoms with Gasteiger partial charge in [0, 0.05) is 19.6 Å². The van der Waals surface area contributed by atoms with E-state index in [1.165, 1.54) is 25.1 Å². The van der Waals surface area contributed by atoms with Gasteiger partial charge in [0.15, 0.2) is 0 Å². The van der Waals surface area contributed by atoms with Gasteiger partial charge in [-0.25, -0.2) is 9.59 Å². The molecule has 7 heteroatoms. The second-order valence-electron chi connectivity index (χ2n) is 7.41. The number of hydrogen-bond acceptors (Lipinski definition) is 4. The third-order valence-electron chi connectivity index (χ3n) is 4.37. The van der Waals surface area contributed by atoms with Crippen LogP contribution < -0.4 is 4.74 Å². The number of halogens is 1. The number of rotatable bonds is 5. The molecule has 1 aromatic carbocycles. The van der Waals surface area contributed by atoms with Crippen LogP contribution in [0.25, 0.3) is 0 Å². The zero-order valence-electron chi connectivity index (χ0n) is 16.5. The van der Waals surface area contributed by atoms with Crippen molar-refractivity contribution in [2.24, 2.45) is 11.8 Å². The molecule has 1 heterocycles. The number of carboxylic acids is 2. The molecule has 2 N–H and O–H groups in total.